The van der Waals surface area contributed by atoms with Crippen LogP contribution in [0.1, 0.15) is 0 Å². The van der Waals surface area contributed by atoms with Gasteiger partial charge in [0.15, 0.2) is 0 Å². The number of hydrogen-bond donors (Lipinski definition) is 1. The minimum absolute atomic E-state index is 0.228. The average Bonchev–Trinajstić information content (AvgIpc) is 2.66. The van der Waals surface area contributed by atoms with E-state index in [9.17, 15) is 9.18 Å². The van der Waals surface area contributed by atoms with Crippen LogP contribution in [0, 0.1) is 5.82 Å². The molecule has 0 fully saturated rings. The summed E-state index contributed by atoms with van der Waals surface area (Å²) in [5, 5.41) is 12.4. The van der Waals surface area contributed by atoms with Gasteiger partial charge in [-0.25, -0.2) is 4.39 Å². The SMILES string of the molecule is O=C(O)Cn1cc(-c2ccccc2F)cn1. The van der Waals surface area contributed by atoms with Crippen molar-refractivity contribution in [2.75, 3.05) is 0 Å². The van der Waals surface area contributed by atoms with Gasteiger partial charge in [0.1, 0.15) is 12.4 Å². The highest BCUT2D eigenvalue weighted by Crippen LogP contribution is 2.21. The van der Waals surface area contributed by atoms with Gasteiger partial charge >= 0.3 is 5.97 Å². The molecular formula is C11H9FN2O2. The summed E-state index contributed by atoms with van der Waals surface area (Å²) in [6.45, 7) is -0.228. The Morgan fingerprint density at radius 1 is 1.44 bits per heavy atom. The lowest BCUT2D eigenvalue weighted by Crippen LogP contribution is -2.08. The smallest absolute Gasteiger partial charge is 0.325 e. The van der Waals surface area contributed by atoms with E-state index in [-0.39, 0.29) is 12.4 Å². The molecule has 0 unspecified atom stereocenters. The maximum absolute atomic E-state index is 13.4. The second-order valence-corrected chi connectivity index (χ2v) is 3.30. The second-order valence-electron chi connectivity index (χ2n) is 3.30. The van der Waals surface area contributed by atoms with Crippen LogP contribution in [0.15, 0.2) is 36.7 Å². The molecule has 2 aromatic rings. The van der Waals surface area contributed by atoms with Crippen molar-refractivity contribution in [1.29, 1.82) is 0 Å². The van der Waals surface area contributed by atoms with Crippen molar-refractivity contribution in [2.45, 2.75) is 6.54 Å². The quantitative estimate of drug-likeness (QED) is 0.857. The summed E-state index contributed by atoms with van der Waals surface area (Å²) in [7, 11) is 0. The first-order valence-corrected chi connectivity index (χ1v) is 4.66. The van der Waals surface area contributed by atoms with E-state index in [0.29, 0.717) is 11.1 Å². The lowest BCUT2D eigenvalue weighted by atomic mass is 10.1. The Labute approximate surface area is 90.9 Å². The van der Waals surface area contributed by atoms with E-state index in [1.54, 1.807) is 18.2 Å². The Morgan fingerprint density at radius 2 is 2.19 bits per heavy atom. The zero-order valence-electron chi connectivity index (χ0n) is 8.30. The van der Waals surface area contributed by atoms with Gasteiger partial charge in [-0.1, -0.05) is 18.2 Å². The van der Waals surface area contributed by atoms with E-state index in [1.165, 1.54) is 23.1 Å². The van der Waals surface area contributed by atoms with Crippen LogP contribution in [-0.2, 0) is 11.3 Å². The van der Waals surface area contributed by atoms with E-state index >= 15 is 0 Å². The van der Waals surface area contributed by atoms with E-state index in [1.807, 2.05) is 0 Å². The summed E-state index contributed by atoms with van der Waals surface area (Å²) in [6, 6.07) is 6.29. The molecule has 0 spiro atoms. The average molecular weight is 220 g/mol. The summed E-state index contributed by atoms with van der Waals surface area (Å²) in [5.41, 5.74) is 0.985. The Morgan fingerprint density at radius 3 is 2.88 bits per heavy atom. The molecule has 0 aliphatic heterocycles. The zero-order chi connectivity index (χ0) is 11.5. The van der Waals surface area contributed by atoms with Crippen molar-refractivity contribution < 1.29 is 14.3 Å². The van der Waals surface area contributed by atoms with Gasteiger partial charge in [-0.3, -0.25) is 9.48 Å². The normalized spacial score (nSPS) is 10.3. The Balaban J connectivity index is 2.32. The van der Waals surface area contributed by atoms with Crippen molar-refractivity contribution in [1.82, 2.24) is 9.78 Å². The van der Waals surface area contributed by atoms with Crippen LogP contribution >= 0.6 is 0 Å². The topological polar surface area (TPSA) is 55.1 Å². The number of nitrogens with zero attached hydrogens (tertiary/aromatic N) is 2. The Kier molecular flexibility index (Phi) is 2.68. The Hall–Kier alpha value is -2.17. The molecule has 1 N–H and O–H groups in total. The van der Waals surface area contributed by atoms with Gasteiger partial charge in [0, 0.05) is 17.3 Å². The van der Waals surface area contributed by atoms with Gasteiger partial charge in [0.2, 0.25) is 0 Å². The number of carboxylic acids is 1. The van der Waals surface area contributed by atoms with Gasteiger partial charge < -0.3 is 5.11 Å². The van der Waals surface area contributed by atoms with Crippen molar-refractivity contribution in [3.8, 4) is 11.1 Å². The number of aromatic nitrogens is 2. The molecule has 0 bridgehead atoms. The van der Waals surface area contributed by atoms with Crippen LogP contribution in [0.2, 0.25) is 0 Å². The number of benzene rings is 1. The van der Waals surface area contributed by atoms with Crippen LogP contribution in [0.3, 0.4) is 0 Å². The molecule has 1 aromatic heterocycles. The number of halogens is 1. The molecule has 1 heterocycles. The molecule has 0 atom stereocenters. The summed E-state index contributed by atoms with van der Waals surface area (Å²) in [5.74, 6) is -1.33. The summed E-state index contributed by atoms with van der Waals surface area (Å²) >= 11 is 0. The predicted octanol–water partition coefficient (Wildman–Crippen LogP) is 1.77. The highest BCUT2D eigenvalue weighted by molar-refractivity contribution is 5.67. The van der Waals surface area contributed by atoms with Crippen LogP contribution < -0.4 is 0 Å². The predicted molar refractivity (Wildman–Crippen MR) is 55.3 cm³/mol. The third-order valence-electron chi connectivity index (χ3n) is 2.12. The van der Waals surface area contributed by atoms with Gasteiger partial charge in [-0.2, -0.15) is 5.10 Å². The van der Waals surface area contributed by atoms with Crippen LogP contribution in [0.25, 0.3) is 11.1 Å². The molecule has 5 heteroatoms. The molecule has 4 nitrogen and oxygen atoms in total. The summed E-state index contributed by atoms with van der Waals surface area (Å²) in [4.78, 5) is 10.4. The molecule has 2 rings (SSSR count). The minimum Gasteiger partial charge on any atom is -0.480 e. The van der Waals surface area contributed by atoms with Crippen molar-refractivity contribution in [2.24, 2.45) is 0 Å². The van der Waals surface area contributed by atoms with Gasteiger partial charge in [0.05, 0.1) is 6.20 Å². The number of rotatable bonds is 3. The van der Waals surface area contributed by atoms with E-state index in [0.717, 1.165) is 0 Å². The highest BCUT2D eigenvalue weighted by atomic mass is 19.1. The number of aliphatic carboxylic acids is 1. The molecule has 0 aliphatic rings. The molecule has 0 amide bonds. The fourth-order valence-electron chi connectivity index (χ4n) is 1.42. The first-order valence-electron chi connectivity index (χ1n) is 4.66. The molecule has 0 radical (unpaired) electrons. The molecule has 0 saturated heterocycles. The zero-order valence-corrected chi connectivity index (χ0v) is 8.30. The molecule has 16 heavy (non-hydrogen) atoms. The van der Waals surface area contributed by atoms with Crippen LogP contribution in [-0.4, -0.2) is 20.9 Å². The maximum Gasteiger partial charge on any atom is 0.325 e. The van der Waals surface area contributed by atoms with Gasteiger partial charge in [-0.15, -0.1) is 0 Å². The first kappa shape index (κ1) is 10.4. The number of carboxylic acid groups (broad SMARTS) is 1. The van der Waals surface area contributed by atoms with E-state index in [2.05, 4.69) is 5.10 Å². The van der Waals surface area contributed by atoms with Gasteiger partial charge in [0.25, 0.3) is 0 Å². The first-order chi connectivity index (χ1) is 7.66. The molecule has 1 aromatic carbocycles. The maximum atomic E-state index is 13.4. The third-order valence-corrected chi connectivity index (χ3v) is 2.12. The lowest BCUT2D eigenvalue weighted by Gasteiger charge is -1.98. The monoisotopic (exact) mass is 220 g/mol. The molecule has 0 aliphatic carbocycles. The van der Waals surface area contributed by atoms with E-state index < -0.39 is 5.97 Å². The van der Waals surface area contributed by atoms with Crippen molar-refractivity contribution >= 4 is 5.97 Å². The summed E-state index contributed by atoms with van der Waals surface area (Å²) < 4.78 is 14.6. The molecule has 0 saturated carbocycles. The van der Waals surface area contributed by atoms with Gasteiger partial charge in [-0.05, 0) is 6.07 Å². The highest BCUT2D eigenvalue weighted by Gasteiger charge is 2.07. The largest absolute Gasteiger partial charge is 0.480 e. The van der Waals surface area contributed by atoms with E-state index in [4.69, 9.17) is 5.11 Å². The number of carbonyl (C=O) groups is 1. The number of hydrogen-bond acceptors (Lipinski definition) is 2. The van der Waals surface area contributed by atoms with Crippen molar-refractivity contribution in [3.63, 3.8) is 0 Å². The standard InChI is InChI=1S/C11H9FN2O2/c12-10-4-2-1-3-9(10)8-5-13-14(6-8)7-11(15)16/h1-6H,7H2,(H,15,16). The van der Waals surface area contributed by atoms with Crippen LogP contribution in [0.4, 0.5) is 4.39 Å². The fraction of sp³-hybridized carbons (Fsp3) is 0.0909. The van der Waals surface area contributed by atoms with Crippen LogP contribution in [0.5, 0.6) is 0 Å². The molecular weight excluding hydrogens is 211 g/mol. The lowest BCUT2D eigenvalue weighted by molar-refractivity contribution is -0.137. The van der Waals surface area contributed by atoms with Crippen molar-refractivity contribution in [3.05, 3.63) is 42.5 Å². The summed E-state index contributed by atoms with van der Waals surface area (Å²) in [6.07, 6.45) is 2.95. The third kappa shape index (κ3) is 2.08. The second kappa shape index (κ2) is 4.14. The minimum atomic E-state index is -0.983. The Bertz CT molecular complexity index is 522. The molecule has 82 valence electrons. The fourth-order valence-corrected chi connectivity index (χ4v) is 1.42.